The summed E-state index contributed by atoms with van der Waals surface area (Å²) in [7, 11) is 0. The highest BCUT2D eigenvalue weighted by Crippen LogP contribution is 2.19. The van der Waals surface area contributed by atoms with Gasteiger partial charge in [-0.1, -0.05) is 11.6 Å². The van der Waals surface area contributed by atoms with Crippen LogP contribution in [-0.2, 0) is 4.74 Å². The Kier molecular flexibility index (Phi) is 4.02. The Morgan fingerprint density at radius 1 is 1.43 bits per heavy atom. The van der Waals surface area contributed by atoms with Crippen molar-refractivity contribution < 1.29 is 4.74 Å². The third-order valence-electron chi connectivity index (χ3n) is 3.15. The molecule has 2 nitrogen and oxygen atoms in total. The van der Waals surface area contributed by atoms with Crippen LogP contribution in [0, 0.1) is 0 Å². The van der Waals surface area contributed by atoms with E-state index in [4.69, 9.17) is 4.74 Å². The molecule has 1 aliphatic heterocycles. The highest BCUT2D eigenvalue weighted by Gasteiger charge is 2.14. The van der Waals surface area contributed by atoms with E-state index in [0.717, 1.165) is 19.7 Å². The number of hydrogen-bond acceptors (Lipinski definition) is 2. The summed E-state index contributed by atoms with van der Waals surface area (Å²) in [6, 6.07) is 0. The van der Waals surface area contributed by atoms with Crippen LogP contribution in [0.15, 0.2) is 11.6 Å². The van der Waals surface area contributed by atoms with Gasteiger partial charge in [-0.05, 0) is 45.1 Å². The molecule has 1 aliphatic carbocycles. The molecule has 1 fully saturated rings. The highest BCUT2D eigenvalue weighted by atomic mass is 16.5. The van der Waals surface area contributed by atoms with Gasteiger partial charge in [0.15, 0.2) is 0 Å². The summed E-state index contributed by atoms with van der Waals surface area (Å²) in [6.07, 6.45) is 10.7. The molecule has 2 rings (SSSR count). The Morgan fingerprint density at radius 2 is 2.43 bits per heavy atom. The van der Waals surface area contributed by atoms with Crippen LogP contribution >= 0.6 is 0 Å². The first-order chi connectivity index (χ1) is 6.95. The van der Waals surface area contributed by atoms with Gasteiger partial charge in [0.25, 0.3) is 0 Å². The van der Waals surface area contributed by atoms with Crippen LogP contribution in [0.1, 0.15) is 38.5 Å². The van der Waals surface area contributed by atoms with Crippen molar-refractivity contribution in [3.63, 3.8) is 0 Å². The normalized spacial score (nSPS) is 26.9. The molecule has 1 unspecified atom stereocenters. The van der Waals surface area contributed by atoms with Crippen LogP contribution in [0.4, 0.5) is 0 Å². The quantitative estimate of drug-likeness (QED) is 0.536. The molecule has 1 N–H and O–H groups in total. The molecule has 2 aliphatic rings. The fourth-order valence-corrected chi connectivity index (χ4v) is 2.28. The van der Waals surface area contributed by atoms with Crippen LogP contribution in [0.25, 0.3) is 0 Å². The largest absolute Gasteiger partial charge is 0.377 e. The molecule has 0 aromatic carbocycles. The van der Waals surface area contributed by atoms with Crippen molar-refractivity contribution in [2.24, 2.45) is 0 Å². The van der Waals surface area contributed by atoms with Crippen molar-refractivity contribution in [3.05, 3.63) is 11.6 Å². The summed E-state index contributed by atoms with van der Waals surface area (Å²) in [5.41, 5.74) is 1.66. The molecule has 0 radical (unpaired) electrons. The number of rotatable bonds is 5. The van der Waals surface area contributed by atoms with E-state index >= 15 is 0 Å². The summed E-state index contributed by atoms with van der Waals surface area (Å²) >= 11 is 0. The fraction of sp³-hybridized carbons (Fsp3) is 0.833. The van der Waals surface area contributed by atoms with Gasteiger partial charge in [0, 0.05) is 13.2 Å². The van der Waals surface area contributed by atoms with E-state index in [0.29, 0.717) is 6.10 Å². The van der Waals surface area contributed by atoms with Crippen molar-refractivity contribution in [2.45, 2.75) is 44.6 Å². The van der Waals surface area contributed by atoms with E-state index < -0.39 is 0 Å². The fourth-order valence-electron chi connectivity index (χ4n) is 2.28. The number of ether oxygens (including phenoxy) is 1. The maximum Gasteiger partial charge on any atom is 0.0700 e. The molecule has 0 aromatic heterocycles. The average Bonchev–Trinajstić information content (AvgIpc) is 2.86. The van der Waals surface area contributed by atoms with E-state index in [9.17, 15) is 0 Å². The molecule has 1 heterocycles. The molecule has 1 atom stereocenters. The zero-order valence-corrected chi connectivity index (χ0v) is 8.93. The lowest BCUT2D eigenvalue weighted by atomic mass is 10.1. The maximum atomic E-state index is 5.55. The standard InChI is InChI=1S/C12H21NO/c1-2-5-11(4-1)7-8-13-10-12-6-3-9-14-12/h4,12-13H,1-3,5-10H2. The van der Waals surface area contributed by atoms with Crippen LogP contribution in [-0.4, -0.2) is 25.8 Å². The van der Waals surface area contributed by atoms with Gasteiger partial charge >= 0.3 is 0 Å². The highest BCUT2D eigenvalue weighted by molar-refractivity contribution is 5.07. The Bertz CT molecular complexity index is 194. The van der Waals surface area contributed by atoms with Gasteiger partial charge in [0.2, 0.25) is 0 Å². The number of allylic oxidation sites excluding steroid dienone is 1. The predicted molar refractivity (Wildman–Crippen MR) is 58.4 cm³/mol. The molecule has 2 heteroatoms. The van der Waals surface area contributed by atoms with Crippen LogP contribution in [0.3, 0.4) is 0 Å². The Balaban J connectivity index is 1.50. The van der Waals surface area contributed by atoms with E-state index in [1.807, 2.05) is 0 Å². The zero-order valence-electron chi connectivity index (χ0n) is 8.93. The summed E-state index contributed by atoms with van der Waals surface area (Å²) < 4.78 is 5.55. The Labute approximate surface area is 86.7 Å². The first kappa shape index (κ1) is 10.2. The molecule has 14 heavy (non-hydrogen) atoms. The van der Waals surface area contributed by atoms with Gasteiger partial charge in [0.05, 0.1) is 6.10 Å². The van der Waals surface area contributed by atoms with Gasteiger partial charge in [-0.2, -0.15) is 0 Å². The van der Waals surface area contributed by atoms with Crippen molar-refractivity contribution >= 4 is 0 Å². The van der Waals surface area contributed by atoms with Gasteiger partial charge in [-0.25, -0.2) is 0 Å². The summed E-state index contributed by atoms with van der Waals surface area (Å²) in [5, 5.41) is 3.49. The van der Waals surface area contributed by atoms with Crippen LogP contribution in [0.5, 0.6) is 0 Å². The van der Waals surface area contributed by atoms with Crippen molar-refractivity contribution in [1.82, 2.24) is 5.32 Å². The lowest BCUT2D eigenvalue weighted by Gasteiger charge is -2.10. The van der Waals surface area contributed by atoms with Crippen LogP contribution < -0.4 is 5.32 Å². The minimum Gasteiger partial charge on any atom is -0.377 e. The predicted octanol–water partition coefficient (Wildman–Crippen LogP) is 2.26. The second-order valence-electron chi connectivity index (χ2n) is 4.34. The minimum atomic E-state index is 0.493. The van der Waals surface area contributed by atoms with Crippen molar-refractivity contribution in [3.8, 4) is 0 Å². The third kappa shape index (κ3) is 3.10. The Morgan fingerprint density at radius 3 is 3.14 bits per heavy atom. The van der Waals surface area contributed by atoms with Gasteiger partial charge in [0.1, 0.15) is 0 Å². The van der Waals surface area contributed by atoms with Gasteiger partial charge in [-0.15, -0.1) is 0 Å². The smallest absolute Gasteiger partial charge is 0.0700 e. The number of nitrogens with one attached hydrogen (secondary N) is 1. The second kappa shape index (κ2) is 5.52. The van der Waals surface area contributed by atoms with Gasteiger partial charge < -0.3 is 10.1 Å². The Hall–Kier alpha value is -0.340. The monoisotopic (exact) mass is 195 g/mol. The molecule has 0 saturated carbocycles. The topological polar surface area (TPSA) is 21.3 Å². The molecule has 0 amide bonds. The SMILES string of the molecule is C1=C(CCNCC2CCCO2)CCC1. The first-order valence-electron chi connectivity index (χ1n) is 5.95. The average molecular weight is 195 g/mol. The maximum absolute atomic E-state index is 5.55. The zero-order chi connectivity index (χ0) is 9.64. The van der Waals surface area contributed by atoms with E-state index in [-0.39, 0.29) is 0 Å². The van der Waals surface area contributed by atoms with Gasteiger partial charge in [-0.3, -0.25) is 0 Å². The molecular formula is C12H21NO. The minimum absolute atomic E-state index is 0.493. The van der Waals surface area contributed by atoms with Crippen LogP contribution in [0.2, 0.25) is 0 Å². The van der Waals surface area contributed by atoms with Crippen molar-refractivity contribution in [1.29, 1.82) is 0 Å². The van der Waals surface area contributed by atoms with E-state index in [1.54, 1.807) is 5.57 Å². The van der Waals surface area contributed by atoms with E-state index in [1.165, 1.54) is 38.5 Å². The summed E-state index contributed by atoms with van der Waals surface area (Å²) in [4.78, 5) is 0. The molecule has 0 bridgehead atoms. The lowest BCUT2D eigenvalue weighted by molar-refractivity contribution is 0.110. The molecule has 80 valence electrons. The molecule has 0 aromatic rings. The molecule has 1 saturated heterocycles. The lowest BCUT2D eigenvalue weighted by Crippen LogP contribution is -2.27. The summed E-state index contributed by atoms with van der Waals surface area (Å²) in [5.74, 6) is 0. The molecular weight excluding hydrogens is 174 g/mol. The van der Waals surface area contributed by atoms with E-state index in [2.05, 4.69) is 11.4 Å². The first-order valence-corrected chi connectivity index (χ1v) is 5.95. The van der Waals surface area contributed by atoms with Crippen molar-refractivity contribution in [2.75, 3.05) is 19.7 Å². The second-order valence-corrected chi connectivity index (χ2v) is 4.34. The summed E-state index contributed by atoms with van der Waals surface area (Å²) in [6.45, 7) is 3.15. The third-order valence-corrected chi connectivity index (χ3v) is 3.15. The number of hydrogen-bond donors (Lipinski definition) is 1. The molecule has 0 spiro atoms.